The molecule has 1 saturated carbocycles. The summed E-state index contributed by atoms with van der Waals surface area (Å²) in [7, 11) is 0. The molecule has 94 valence electrons. The van der Waals surface area contributed by atoms with Gasteiger partial charge in [-0.3, -0.25) is 0 Å². The molecule has 1 aromatic rings. The lowest BCUT2D eigenvalue weighted by molar-refractivity contribution is 0.121. The lowest BCUT2D eigenvalue weighted by Crippen LogP contribution is -2.86. The van der Waals surface area contributed by atoms with E-state index in [0.29, 0.717) is 0 Å². The summed E-state index contributed by atoms with van der Waals surface area (Å²) in [5.74, 6) is -0.424. The van der Waals surface area contributed by atoms with Gasteiger partial charge in [0.1, 0.15) is 11.4 Å². The van der Waals surface area contributed by atoms with Crippen molar-refractivity contribution in [2.24, 2.45) is 5.18 Å². The monoisotopic (exact) mass is 268 g/mol. The average Bonchev–Trinajstić information content (AvgIpc) is 2.24. The third kappa shape index (κ3) is 1.02. The first-order valence-electron chi connectivity index (χ1n) is 5.92. The van der Waals surface area contributed by atoms with Gasteiger partial charge in [0.25, 0.3) is 0 Å². The number of anilines is 1. The maximum Gasteiger partial charge on any atom is 0.151 e. The zero-order valence-corrected chi connectivity index (χ0v) is 10.2. The fourth-order valence-electron chi connectivity index (χ4n) is 3.48. The van der Waals surface area contributed by atoms with Crippen LogP contribution in [0.4, 0.5) is 20.2 Å². The van der Waals surface area contributed by atoms with Gasteiger partial charge in [-0.05, 0) is 18.0 Å². The maximum absolute atomic E-state index is 13.9. The Morgan fingerprint density at radius 3 is 2.44 bits per heavy atom. The highest BCUT2D eigenvalue weighted by molar-refractivity contribution is 8.02. The second-order valence-electron chi connectivity index (χ2n) is 5.09. The molecule has 1 aromatic carbocycles. The van der Waals surface area contributed by atoms with Crippen LogP contribution in [0.5, 0.6) is 0 Å². The van der Waals surface area contributed by atoms with Crippen molar-refractivity contribution in [1.82, 2.24) is 0 Å². The molecule has 0 bridgehead atoms. The zero-order chi connectivity index (χ0) is 12.5. The molecule has 3 unspecified atom stereocenters. The van der Waals surface area contributed by atoms with E-state index in [1.54, 1.807) is 0 Å². The van der Waals surface area contributed by atoms with Crippen molar-refractivity contribution in [3.05, 3.63) is 28.7 Å². The highest BCUT2D eigenvalue weighted by Crippen LogP contribution is 2.67. The Morgan fingerprint density at radius 1 is 1.33 bits per heavy atom. The molecule has 1 spiro atoms. The molecule has 4 rings (SSSR count). The Bertz CT molecular complexity index is 524. The quantitative estimate of drug-likeness (QED) is 0.772. The van der Waals surface area contributed by atoms with Crippen molar-refractivity contribution < 1.29 is 8.78 Å². The molecular weight excluding hydrogens is 258 g/mol. The number of thioether (sulfide) groups is 1. The Hall–Kier alpha value is -1.17. The number of nitroso groups, excluding NO2 is 1. The smallest absolute Gasteiger partial charge is 0.151 e. The number of rotatable bonds is 2. The minimum absolute atomic E-state index is 0.0213. The van der Waals surface area contributed by atoms with Crippen molar-refractivity contribution in [3.63, 3.8) is 0 Å². The van der Waals surface area contributed by atoms with E-state index in [9.17, 15) is 13.7 Å². The van der Waals surface area contributed by atoms with Crippen molar-refractivity contribution in [3.8, 4) is 0 Å². The van der Waals surface area contributed by atoms with E-state index in [-0.39, 0.29) is 28.2 Å². The summed E-state index contributed by atoms with van der Waals surface area (Å²) < 4.78 is 28.1. The van der Waals surface area contributed by atoms with Crippen molar-refractivity contribution in [1.29, 1.82) is 0 Å². The summed E-state index contributed by atoms with van der Waals surface area (Å²) in [5, 5.41) is 2.58. The van der Waals surface area contributed by atoms with Crippen LogP contribution in [0.15, 0.2) is 17.3 Å². The van der Waals surface area contributed by atoms with Crippen LogP contribution in [-0.2, 0) is 0 Å². The van der Waals surface area contributed by atoms with Gasteiger partial charge < -0.3 is 4.90 Å². The maximum atomic E-state index is 13.9. The summed E-state index contributed by atoms with van der Waals surface area (Å²) in [6.07, 6.45) is 2.15. The van der Waals surface area contributed by atoms with E-state index in [0.717, 1.165) is 30.7 Å². The number of piperidine rings is 1. The van der Waals surface area contributed by atoms with Gasteiger partial charge in [-0.25, -0.2) is 8.78 Å². The van der Waals surface area contributed by atoms with E-state index in [1.165, 1.54) is 0 Å². The molecule has 3 atom stereocenters. The van der Waals surface area contributed by atoms with E-state index in [1.807, 2.05) is 16.7 Å². The molecule has 0 N–H and O–H groups in total. The molecule has 3 fully saturated rings. The van der Waals surface area contributed by atoms with Crippen LogP contribution in [0.25, 0.3) is 0 Å². The number of hydrogen-bond acceptors (Lipinski definition) is 4. The second-order valence-corrected chi connectivity index (χ2v) is 6.47. The van der Waals surface area contributed by atoms with Crippen LogP contribution < -0.4 is 4.90 Å². The molecular formula is C12H10F2N2OS. The van der Waals surface area contributed by atoms with Gasteiger partial charge in [-0.1, -0.05) is 0 Å². The Kier molecular flexibility index (Phi) is 1.92. The van der Waals surface area contributed by atoms with Gasteiger partial charge in [0.2, 0.25) is 0 Å². The first-order chi connectivity index (χ1) is 8.67. The third-order valence-electron chi connectivity index (χ3n) is 4.48. The summed E-state index contributed by atoms with van der Waals surface area (Å²) >= 11 is 1.92. The second kappa shape index (κ2) is 3.23. The molecule has 3 aliphatic rings. The van der Waals surface area contributed by atoms with Crippen LogP contribution in [0.1, 0.15) is 12.8 Å². The molecule has 1 aliphatic carbocycles. The SMILES string of the molecule is O=Nc1cc(F)c(N2C3CCC34SCC24)c(F)c1. The van der Waals surface area contributed by atoms with Crippen LogP contribution >= 0.6 is 11.8 Å². The first kappa shape index (κ1) is 10.7. The number of halogens is 2. The number of benzene rings is 1. The minimum atomic E-state index is -0.679. The Balaban J connectivity index is 1.76. The summed E-state index contributed by atoms with van der Waals surface area (Å²) in [6, 6.07) is 2.55. The standard InChI is InChI=1S/C12H10F2N2OS/c13-7-3-6(15-17)4-8(14)11(7)16-9-1-2-12(9)10(16)5-18-12/h3-4,9-10H,1-2,5H2. The van der Waals surface area contributed by atoms with Crippen molar-refractivity contribution in [2.75, 3.05) is 10.7 Å². The summed E-state index contributed by atoms with van der Waals surface area (Å²) in [6.45, 7) is 0. The molecule has 6 heteroatoms. The van der Waals surface area contributed by atoms with Gasteiger partial charge in [0, 0.05) is 23.9 Å². The largest absolute Gasteiger partial charge is 0.357 e. The van der Waals surface area contributed by atoms with Crippen molar-refractivity contribution >= 4 is 23.1 Å². The topological polar surface area (TPSA) is 32.7 Å². The molecule has 2 heterocycles. The van der Waals surface area contributed by atoms with Gasteiger partial charge in [-0.15, -0.1) is 16.7 Å². The average molecular weight is 268 g/mol. The molecule has 18 heavy (non-hydrogen) atoms. The summed E-state index contributed by atoms with van der Waals surface area (Å²) in [4.78, 5) is 12.2. The predicted molar refractivity (Wildman–Crippen MR) is 66.3 cm³/mol. The molecule has 2 aliphatic heterocycles. The van der Waals surface area contributed by atoms with E-state index in [2.05, 4.69) is 5.18 Å². The van der Waals surface area contributed by atoms with Crippen LogP contribution in [0, 0.1) is 16.5 Å². The molecule has 3 nitrogen and oxygen atoms in total. The molecule has 0 radical (unpaired) electrons. The van der Waals surface area contributed by atoms with Gasteiger partial charge in [0.05, 0.1) is 10.8 Å². The lowest BCUT2D eigenvalue weighted by atomic mass is 9.63. The summed E-state index contributed by atoms with van der Waals surface area (Å²) in [5.41, 5.74) is -0.176. The predicted octanol–water partition coefficient (Wildman–Crippen LogP) is 3.20. The first-order valence-corrected chi connectivity index (χ1v) is 6.90. The number of nitrogens with zero attached hydrogens (tertiary/aromatic N) is 2. The van der Waals surface area contributed by atoms with Crippen LogP contribution in [-0.4, -0.2) is 22.6 Å². The van der Waals surface area contributed by atoms with Gasteiger partial charge in [-0.2, -0.15) is 0 Å². The van der Waals surface area contributed by atoms with E-state index >= 15 is 0 Å². The van der Waals surface area contributed by atoms with E-state index in [4.69, 9.17) is 0 Å². The van der Waals surface area contributed by atoms with Gasteiger partial charge >= 0.3 is 0 Å². The normalized spacial score (nSPS) is 35.8. The van der Waals surface area contributed by atoms with Crippen LogP contribution in [0.2, 0.25) is 0 Å². The van der Waals surface area contributed by atoms with Crippen LogP contribution in [0.3, 0.4) is 0 Å². The Morgan fingerprint density at radius 2 is 2.06 bits per heavy atom. The molecule has 0 aromatic heterocycles. The fourth-order valence-corrected chi connectivity index (χ4v) is 5.18. The molecule has 0 amide bonds. The van der Waals surface area contributed by atoms with E-state index < -0.39 is 11.6 Å². The zero-order valence-electron chi connectivity index (χ0n) is 9.40. The highest BCUT2D eigenvalue weighted by atomic mass is 32.2. The molecule has 2 saturated heterocycles. The number of hydrogen-bond donors (Lipinski definition) is 0. The minimum Gasteiger partial charge on any atom is -0.357 e. The van der Waals surface area contributed by atoms with Gasteiger partial charge in [0.15, 0.2) is 11.6 Å². The Labute approximate surface area is 107 Å². The highest BCUT2D eigenvalue weighted by Gasteiger charge is 2.72. The third-order valence-corrected chi connectivity index (χ3v) is 6.25. The fraction of sp³-hybridized carbons (Fsp3) is 0.500. The lowest BCUT2D eigenvalue weighted by Gasteiger charge is -2.76. The van der Waals surface area contributed by atoms with Crippen molar-refractivity contribution in [2.45, 2.75) is 29.7 Å².